The normalized spacial score (nSPS) is 11.8. The highest BCUT2D eigenvalue weighted by molar-refractivity contribution is 5.81. The molecule has 0 bridgehead atoms. The van der Waals surface area contributed by atoms with Gasteiger partial charge in [-0.1, -0.05) is 175 Å². The maximum Gasteiger partial charge on any atom is 0.160 e. The van der Waals surface area contributed by atoms with E-state index in [2.05, 4.69) is 199 Å². The fourth-order valence-corrected chi connectivity index (χ4v) is 7.09. The zero-order valence-electron chi connectivity index (χ0n) is 33.1. The summed E-state index contributed by atoms with van der Waals surface area (Å²) in [5.74, 6) is 0.708. The van der Waals surface area contributed by atoms with Crippen molar-refractivity contribution in [2.75, 3.05) is 0 Å². The average Bonchev–Trinajstić information content (AvgIpc) is 3.23. The van der Waals surface area contributed by atoms with Gasteiger partial charge >= 0.3 is 0 Å². The number of rotatable bonds is 7. The Hall–Kier alpha value is -6.45. The monoisotopic (exact) mass is 725 g/mol. The van der Waals surface area contributed by atoms with E-state index in [-0.39, 0.29) is 10.8 Å². The molecule has 0 unspecified atom stereocenters. The van der Waals surface area contributed by atoms with Crippen LogP contribution in [0.3, 0.4) is 0 Å². The first-order valence-corrected chi connectivity index (χ1v) is 19.4. The Morgan fingerprint density at radius 2 is 0.625 bits per heavy atom. The summed E-state index contributed by atoms with van der Waals surface area (Å²) in [7, 11) is 0. The Morgan fingerprint density at radius 1 is 0.268 bits per heavy atom. The van der Waals surface area contributed by atoms with Crippen molar-refractivity contribution in [3.05, 3.63) is 187 Å². The van der Waals surface area contributed by atoms with E-state index < -0.39 is 0 Å². The molecule has 0 saturated heterocycles. The first-order valence-electron chi connectivity index (χ1n) is 19.4. The quantitative estimate of drug-likeness (QED) is 0.164. The molecule has 0 fully saturated rings. The summed E-state index contributed by atoms with van der Waals surface area (Å²) in [6.45, 7) is 13.5. The molecule has 0 spiro atoms. The molecule has 0 atom stereocenters. The molecule has 0 aliphatic carbocycles. The molecule has 8 aromatic rings. The van der Waals surface area contributed by atoms with Crippen LogP contribution in [0.1, 0.15) is 52.7 Å². The molecular weight excluding hydrogens is 679 g/mol. The zero-order valence-corrected chi connectivity index (χ0v) is 33.1. The lowest BCUT2D eigenvalue weighted by Gasteiger charge is -2.20. The molecule has 0 aliphatic rings. The zero-order chi connectivity index (χ0) is 38.9. The Bertz CT molecular complexity index is 2460. The molecule has 0 N–H and O–H groups in total. The average molecular weight is 726 g/mol. The third kappa shape index (κ3) is 7.99. The number of nitrogens with zero attached hydrogens (tertiary/aromatic N) is 3. The molecule has 6 aromatic carbocycles. The van der Waals surface area contributed by atoms with Crippen molar-refractivity contribution in [3.8, 4) is 78.7 Å². The highest BCUT2D eigenvalue weighted by atomic mass is 14.9. The summed E-state index contributed by atoms with van der Waals surface area (Å²) in [6, 6.07) is 62.3. The van der Waals surface area contributed by atoms with E-state index in [4.69, 9.17) is 15.0 Å². The van der Waals surface area contributed by atoms with Crippen LogP contribution in [-0.2, 0) is 10.8 Å². The van der Waals surface area contributed by atoms with Crippen LogP contribution in [0.2, 0.25) is 0 Å². The van der Waals surface area contributed by atoms with Gasteiger partial charge in [0.25, 0.3) is 0 Å². The molecule has 2 heterocycles. The first-order chi connectivity index (χ1) is 27.0. The Kier molecular flexibility index (Phi) is 9.78. The van der Waals surface area contributed by atoms with E-state index in [0.29, 0.717) is 5.82 Å². The summed E-state index contributed by atoms with van der Waals surface area (Å²) in [5.41, 5.74) is 16.1. The molecule has 0 saturated carbocycles. The smallest absolute Gasteiger partial charge is 0.160 e. The van der Waals surface area contributed by atoms with Gasteiger partial charge in [-0.05, 0) is 86.7 Å². The number of hydrogen-bond acceptors (Lipinski definition) is 3. The van der Waals surface area contributed by atoms with Crippen LogP contribution in [0.15, 0.2) is 176 Å². The second-order valence-electron chi connectivity index (χ2n) is 16.6. The lowest BCUT2D eigenvalue weighted by Crippen LogP contribution is -2.10. The van der Waals surface area contributed by atoms with E-state index in [1.165, 1.54) is 11.1 Å². The minimum Gasteiger partial charge on any atom is -0.248 e. The van der Waals surface area contributed by atoms with E-state index >= 15 is 0 Å². The standard InChI is InChI=1S/C53H47N3/c1-52(2,3)45-27-15-25-42(31-45)48-34-44(36-17-9-7-10-18-36)33-47(54-48)40-23-13-21-38(29-40)39-22-14-24-41(30-39)49-35-50(43-26-16-28-46(32-43)53(4,5)6)56-51(55-49)37-19-11-8-12-20-37/h7-35H,1-6H3. The number of pyridine rings is 1. The van der Waals surface area contributed by atoms with Crippen LogP contribution >= 0.6 is 0 Å². The van der Waals surface area contributed by atoms with Gasteiger partial charge in [-0.15, -0.1) is 0 Å². The van der Waals surface area contributed by atoms with Crippen molar-refractivity contribution in [3.63, 3.8) is 0 Å². The predicted octanol–water partition coefficient (Wildman–Crippen LogP) is 14.1. The first kappa shape index (κ1) is 36.5. The molecule has 56 heavy (non-hydrogen) atoms. The van der Waals surface area contributed by atoms with Gasteiger partial charge in [0.15, 0.2) is 5.82 Å². The van der Waals surface area contributed by atoms with Gasteiger partial charge in [-0.25, -0.2) is 15.0 Å². The topological polar surface area (TPSA) is 38.7 Å². The highest BCUT2D eigenvalue weighted by Crippen LogP contribution is 2.36. The lowest BCUT2D eigenvalue weighted by atomic mass is 9.86. The van der Waals surface area contributed by atoms with E-state index in [9.17, 15) is 0 Å². The van der Waals surface area contributed by atoms with Gasteiger partial charge in [0.05, 0.1) is 22.8 Å². The van der Waals surface area contributed by atoms with Crippen LogP contribution in [0.5, 0.6) is 0 Å². The lowest BCUT2D eigenvalue weighted by molar-refractivity contribution is 0.590. The molecule has 0 radical (unpaired) electrons. The maximum absolute atomic E-state index is 5.30. The van der Waals surface area contributed by atoms with Gasteiger partial charge in [0, 0.05) is 27.8 Å². The van der Waals surface area contributed by atoms with Crippen LogP contribution in [0.25, 0.3) is 78.7 Å². The van der Waals surface area contributed by atoms with E-state index in [1.54, 1.807) is 0 Å². The van der Waals surface area contributed by atoms with Crippen LogP contribution < -0.4 is 0 Å². The number of benzene rings is 6. The van der Waals surface area contributed by atoms with Crippen LogP contribution in [0.4, 0.5) is 0 Å². The molecule has 0 amide bonds. The molecule has 274 valence electrons. The van der Waals surface area contributed by atoms with E-state index in [1.807, 2.05) is 18.2 Å². The fraction of sp³-hybridized carbons (Fsp3) is 0.151. The van der Waals surface area contributed by atoms with Crippen LogP contribution in [-0.4, -0.2) is 15.0 Å². The summed E-state index contributed by atoms with van der Waals surface area (Å²) in [6.07, 6.45) is 0. The molecular formula is C53H47N3. The molecule has 3 heteroatoms. The molecule has 0 aliphatic heterocycles. The summed E-state index contributed by atoms with van der Waals surface area (Å²) in [5, 5.41) is 0. The van der Waals surface area contributed by atoms with Crippen molar-refractivity contribution in [2.45, 2.75) is 52.4 Å². The van der Waals surface area contributed by atoms with Crippen molar-refractivity contribution in [1.82, 2.24) is 15.0 Å². The predicted molar refractivity (Wildman–Crippen MR) is 235 cm³/mol. The van der Waals surface area contributed by atoms with Crippen molar-refractivity contribution in [2.24, 2.45) is 0 Å². The minimum atomic E-state index is 0.0221. The Balaban J connectivity index is 1.21. The summed E-state index contributed by atoms with van der Waals surface area (Å²) < 4.78 is 0. The summed E-state index contributed by atoms with van der Waals surface area (Å²) >= 11 is 0. The number of hydrogen-bond donors (Lipinski definition) is 0. The van der Waals surface area contributed by atoms with Crippen molar-refractivity contribution in [1.29, 1.82) is 0 Å². The van der Waals surface area contributed by atoms with Gasteiger partial charge < -0.3 is 0 Å². The Morgan fingerprint density at radius 3 is 1.07 bits per heavy atom. The largest absolute Gasteiger partial charge is 0.248 e. The third-order valence-electron chi connectivity index (χ3n) is 10.4. The third-order valence-corrected chi connectivity index (χ3v) is 10.4. The van der Waals surface area contributed by atoms with E-state index in [0.717, 1.165) is 72.8 Å². The molecule has 3 nitrogen and oxygen atoms in total. The maximum atomic E-state index is 5.30. The Labute approximate surface area is 331 Å². The SMILES string of the molecule is CC(C)(C)c1cccc(-c2cc(-c3ccccc3)cc(-c3cccc(-c4cccc(-c5cc(-c6cccc(C(C)(C)C)c6)nc(-c6ccccc6)n5)c4)c3)n2)c1. The second-order valence-corrected chi connectivity index (χ2v) is 16.6. The highest BCUT2D eigenvalue weighted by Gasteiger charge is 2.18. The van der Waals surface area contributed by atoms with Crippen molar-refractivity contribution < 1.29 is 0 Å². The van der Waals surface area contributed by atoms with Gasteiger partial charge in [0.1, 0.15) is 0 Å². The van der Waals surface area contributed by atoms with Crippen molar-refractivity contribution >= 4 is 0 Å². The van der Waals surface area contributed by atoms with Gasteiger partial charge in [-0.3, -0.25) is 0 Å². The van der Waals surface area contributed by atoms with Gasteiger partial charge in [0.2, 0.25) is 0 Å². The molecule has 8 rings (SSSR count). The van der Waals surface area contributed by atoms with Crippen LogP contribution in [0, 0.1) is 0 Å². The van der Waals surface area contributed by atoms with Gasteiger partial charge in [-0.2, -0.15) is 0 Å². The summed E-state index contributed by atoms with van der Waals surface area (Å²) in [4.78, 5) is 15.6. The second kappa shape index (κ2) is 15.0. The number of aromatic nitrogens is 3. The minimum absolute atomic E-state index is 0.0221. The fourth-order valence-electron chi connectivity index (χ4n) is 7.09. The molecule has 2 aromatic heterocycles.